The number of hydrogen-bond acceptors (Lipinski definition) is 8. The van der Waals surface area contributed by atoms with Gasteiger partial charge in [-0.15, -0.1) is 0 Å². The van der Waals surface area contributed by atoms with Crippen LogP contribution in [-0.4, -0.2) is 47.9 Å². The van der Waals surface area contributed by atoms with Crippen LogP contribution in [0.25, 0.3) is 6.08 Å². The van der Waals surface area contributed by atoms with Crippen molar-refractivity contribution < 1.29 is 47.5 Å². The van der Waals surface area contributed by atoms with E-state index in [0.29, 0.717) is 28.0 Å². The van der Waals surface area contributed by atoms with Gasteiger partial charge in [0.2, 0.25) is 0 Å². The minimum atomic E-state index is -3.84. The molecule has 0 aliphatic rings. The number of Topliss-reactive ketones (excluding diaryl/α,β-unsaturated/α-hetero) is 1. The molecule has 10 nitrogen and oxygen atoms in total. The molecule has 2 aromatic carbocycles. The summed E-state index contributed by atoms with van der Waals surface area (Å²) in [5.41, 5.74) is 1.81. The number of aliphatic carboxylic acids is 1. The summed E-state index contributed by atoms with van der Waals surface area (Å²) in [5, 5.41) is 17.0. The number of allylic oxidation sites excluding steroid dienone is 1. The van der Waals surface area contributed by atoms with Gasteiger partial charge in [0.05, 0.1) is 12.0 Å². The predicted molar refractivity (Wildman–Crippen MR) is 160 cm³/mol. The van der Waals surface area contributed by atoms with Crippen LogP contribution < -0.4 is 4.52 Å². The maximum Gasteiger partial charge on any atom is 0.529 e. The SMILES string of the molecule is CC(=O)CCC(=O)O.COP(=O)(OC)Oc1c(C(C)(C)C)cc(C(=O)C=Cc2ccc(C(=O)O)cc2)cc1C(C)(C)C. The summed E-state index contributed by atoms with van der Waals surface area (Å²) < 4.78 is 28.7. The highest BCUT2D eigenvalue weighted by atomic mass is 31.2. The van der Waals surface area contributed by atoms with Crippen molar-refractivity contribution in [1.29, 1.82) is 0 Å². The molecule has 0 amide bonds. The number of carboxylic acid groups (broad SMARTS) is 2. The highest BCUT2D eigenvalue weighted by molar-refractivity contribution is 7.48. The molecule has 0 fully saturated rings. The van der Waals surface area contributed by atoms with E-state index in [1.165, 1.54) is 39.4 Å². The molecule has 0 aliphatic carbocycles. The summed E-state index contributed by atoms with van der Waals surface area (Å²) in [6, 6.07) is 9.72. The van der Waals surface area contributed by atoms with Gasteiger partial charge in [0.25, 0.3) is 0 Å². The number of phosphoric acid groups is 1. The molecule has 2 rings (SSSR count). The molecular weight excluding hydrogens is 563 g/mol. The van der Waals surface area contributed by atoms with Crippen LogP contribution in [0.1, 0.15) is 98.7 Å². The molecule has 0 atom stereocenters. The summed E-state index contributed by atoms with van der Waals surface area (Å²) >= 11 is 0. The molecule has 2 N–H and O–H groups in total. The molecule has 42 heavy (non-hydrogen) atoms. The van der Waals surface area contributed by atoms with E-state index in [1.54, 1.807) is 30.3 Å². The minimum absolute atomic E-state index is 0.0463. The Bertz CT molecular complexity index is 1300. The average molecular weight is 605 g/mol. The summed E-state index contributed by atoms with van der Waals surface area (Å²) in [5.74, 6) is -1.86. The predicted octanol–water partition coefficient (Wildman–Crippen LogP) is 7.10. The molecular formula is C31H41O10P. The second-order valence-corrected chi connectivity index (χ2v) is 13.3. The van der Waals surface area contributed by atoms with E-state index in [9.17, 15) is 23.7 Å². The number of rotatable bonds is 11. The van der Waals surface area contributed by atoms with E-state index >= 15 is 0 Å². The highest BCUT2D eigenvalue weighted by Crippen LogP contribution is 2.52. The summed E-state index contributed by atoms with van der Waals surface area (Å²) in [6.45, 7) is 13.2. The van der Waals surface area contributed by atoms with Gasteiger partial charge < -0.3 is 19.5 Å². The van der Waals surface area contributed by atoms with Crippen LogP contribution in [0.15, 0.2) is 42.5 Å². The number of benzene rings is 2. The number of carbonyl (C=O) groups excluding carboxylic acids is 2. The highest BCUT2D eigenvalue weighted by Gasteiger charge is 2.34. The van der Waals surface area contributed by atoms with Gasteiger partial charge in [0.15, 0.2) is 5.78 Å². The van der Waals surface area contributed by atoms with E-state index in [4.69, 9.17) is 23.8 Å². The third-order valence-corrected chi connectivity index (χ3v) is 7.22. The van der Waals surface area contributed by atoms with Crippen molar-refractivity contribution in [1.82, 2.24) is 0 Å². The quantitative estimate of drug-likeness (QED) is 0.154. The Morgan fingerprint density at radius 1 is 0.810 bits per heavy atom. The Hall–Kier alpha value is -3.59. The van der Waals surface area contributed by atoms with E-state index in [1.807, 2.05) is 41.5 Å². The van der Waals surface area contributed by atoms with Gasteiger partial charge in [0.1, 0.15) is 11.5 Å². The van der Waals surface area contributed by atoms with Crippen molar-refractivity contribution in [3.63, 3.8) is 0 Å². The summed E-state index contributed by atoms with van der Waals surface area (Å²) in [7, 11) is -1.33. The topological polar surface area (TPSA) is 154 Å². The van der Waals surface area contributed by atoms with Gasteiger partial charge in [-0.05, 0) is 53.7 Å². The first kappa shape index (κ1) is 36.4. The molecule has 0 aliphatic heterocycles. The van der Waals surface area contributed by atoms with Crippen LogP contribution in [0, 0.1) is 0 Å². The zero-order valence-corrected chi connectivity index (χ0v) is 26.5. The Labute approximate surface area is 247 Å². The molecule has 11 heteroatoms. The van der Waals surface area contributed by atoms with Gasteiger partial charge in [-0.25, -0.2) is 9.36 Å². The molecule has 0 radical (unpaired) electrons. The van der Waals surface area contributed by atoms with Gasteiger partial charge >= 0.3 is 19.8 Å². The number of phosphoric ester groups is 1. The first-order valence-electron chi connectivity index (χ1n) is 13.1. The Morgan fingerprint density at radius 2 is 1.29 bits per heavy atom. The number of aromatic carboxylic acids is 1. The normalized spacial score (nSPS) is 11.9. The number of ketones is 2. The van der Waals surface area contributed by atoms with Crippen LogP contribution >= 0.6 is 7.82 Å². The lowest BCUT2D eigenvalue weighted by Gasteiger charge is -2.31. The zero-order chi connectivity index (χ0) is 32.5. The third-order valence-electron chi connectivity index (χ3n) is 5.92. The fraction of sp³-hybridized carbons (Fsp3) is 0.419. The van der Waals surface area contributed by atoms with Gasteiger partial charge in [-0.3, -0.25) is 18.6 Å². The molecule has 0 aromatic heterocycles. The molecule has 230 valence electrons. The smallest absolute Gasteiger partial charge is 0.481 e. The van der Waals surface area contributed by atoms with E-state index in [0.717, 1.165) is 0 Å². The van der Waals surface area contributed by atoms with Crippen molar-refractivity contribution in [2.75, 3.05) is 14.2 Å². The van der Waals surface area contributed by atoms with Crippen LogP contribution in [0.4, 0.5) is 0 Å². The van der Waals surface area contributed by atoms with E-state index < -0.39 is 30.6 Å². The number of carboxylic acids is 2. The van der Waals surface area contributed by atoms with Crippen LogP contribution in [0.5, 0.6) is 5.75 Å². The maximum atomic E-state index is 13.1. The average Bonchev–Trinajstić information content (AvgIpc) is 2.89. The molecule has 0 spiro atoms. The largest absolute Gasteiger partial charge is 0.529 e. The summed E-state index contributed by atoms with van der Waals surface area (Å²) in [6.07, 6.45) is 3.18. The van der Waals surface area contributed by atoms with E-state index in [2.05, 4.69) is 0 Å². The molecule has 2 aromatic rings. The first-order valence-corrected chi connectivity index (χ1v) is 14.6. The fourth-order valence-electron chi connectivity index (χ4n) is 3.53. The Morgan fingerprint density at radius 3 is 1.62 bits per heavy atom. The second kappa shape index (κ2) is 15.0. The van der Waals surface area contributed by atoms with Gasteiger partial charge in [-0.1, -0.05) is 59.8 Å². The Kier molecular flexibility index (Phi) is 13.1. The lowest BCUT2D eigenvalue weighted by atomic mass is 9.78. The molecule has 0 saturated carbocycles. The minimum Gasteiger partial charge on any atom is -0.481 e. The van der Waals surface area contributed by atoms with Crippen LogP contribution in [-0.2, 0) is 34.0 Å². The van der Waals surface area contributed by atoms with Gasteiger partial charge in [-0.2, -0.15) is 0 Å². The Balaban J connectivity index is 0.000000962. The van der Waals surface area contributed by atoms with Crippen molar-refractivity contribution in [3.8, 4) is 5.75 Å². The van der Waals surface area contributed by atoms with Crippen LogP contribution in [0.3, 0.4) is 0 Å². The van der Waals surface area contributed by atoms with E-state index in [-0.39, 0.29) is 30.0 Å². The van der Waals surface area contributed by atoms with Crippen molar-refractivity contribution >= 4 is 37.4 Å². The van der Waals surface area contributed by atoms with Crippen molar-refractivity contribution in [2.45, 2.75) is 72.1 Å². The molecule has 0 saturated heterocycles. The van der Waals surface area contributed by atoms with Gasteiger partial charge in [0, 0.05) is 37.3 Å². The lowest BCUT2D eigenvalue weighted by Crippen LogP contribution is -2.21. The fourth-order valence-corrected chi connectivity index (χ4v) is 4.25. The molecule has 0 unspecified atom stereocenters. The van der Waals surface area contributed by atoms with Crippen LogP contribution in [0.2, 0.25) is 0 Å². The molecule has 0 heterocycles. The summed E-state index contributed by atoms with van der Waals surface area (Å²) in [4.78, 5) is 44.0. The standard InChI is InChI=1S/C26H33O7P.C5H8O3/c1-25(2,3)20-15-19(22(27)14-11-17-9-12-18(13-10-17)24(28)29)16-21(26(4,5)6)23(20)33-34(30,31-7)32-8;1-4(6)2-3-5(7)8/h9-16H,1-8H3,(H,28,29);2-3H2,1H3,(H,7,8). The van der Waals surface area contributed by atoms with Crippen molar-refractivity contribution in [2.24, 2.45) is 0 Å². The number of hydrogen-bond donors (Lipinski definition) is 2. The second-order valence-electron chi connectivity index (χ2n) is 11.5. The zero-order valence-electron chi connectivity index (χ0n) is 25.6. The van der Waals surface area contributed by atoms with Crippen molar-refractivity contribution in [3.05, 3.63) is 70.3 Å². The molecule has 0 bridgehead atoms. The number of carbonyl (C=O) groups is 4. The maximum absolute atomic E-state index is 13.1. The first-order chi connectivity index (χ1) is 19.2. The third kappa shape index (κ3) is 11.4. The lowest BCUT2D eigenvalue weighted by molar-refractivity contribution is -0.138. The monoisotopic (exact) mass is 604 g/mol.